The number of amides is 1. The van der Waals surface area contributed by atoms with Crippen LogP contribution in [0.3, 0.4) is 0 Å². The van der Waals surface area contributed by atoms with Crippen LogP contribution in [-0.4, -0.2) is 77.4 Å². The molecular formula is C37H57NO7. The molecule has 0 bridgehead atoms. The number of morpholine rings is 1. The number of hydrogen-bond acceptors (Lipinski definition) is 6. The number of hydrogen-bond donors (Lipinski definition) is 2. The van der Waals surface area contributed by atoms with Crippen molar-refractivity contribution >= 4 is 11.9 Å². The van der Waals surface area contributed by atoms with Gasteiger partial charge in [-0.3, -0.25) is 9.59 Å². The number of carbonyl (C=O) groups excluding carboxylic acids is 1. The Morgan fingerprint density at radius 1 is 0.956 bits per heavy atom. The minimum atomic E-state index is -0.818. The third-order valence-corrected chi connectivity index (χ3v) is 16.1. The van der Waals surface area contributed by atoms with Gasteiger partial charge in [-0.25, -0.2) is 0 Å². The van der Waals surface area contributed by atoms with Crippen molar-refractivity contribution in [2.24, 2.45) is 56.7 Å². The number of carboxylic acid groups (broad SMARTS) is 1. The molecule has 6 saturated carbocycles. The lowest BCUT2D eigenvalue weighted by molar-refractivity contribution is -0.248. The SMILES string of the molecule is C[C@@H]1CC(CC(=O)O)OC2[C@H]1[C@@]1(C)CCC34C[C@@]35CC[C@H](O[C@H]3CN(C(=O)CC6CC6)CCO3)C(C)(C)C5CCC4[C@]1(C)[C@H]2O. The second kappa shape index (κ2) is 10.1. The van der Waals surface area contributed by atoms with E-state index < -0.39 is 12.1 Å². The number of aliphatic hydroxyl groups excluding tert-OH is 1. The molecule has 2 heterocycles. The third kappa shape index (κ3) is 4.22. The van der Waals surface area contributed by atoms with Crippen molar-refractivity contribution in [1.82, 2.24) is 4.90 Å². The van der Waals surface area contributed by atoms with Crippen LogP contribution in [0.4, 0.5) is 0 Å². The quantitative estimate of drug-likeness (QED) is 0.393. The maximum Gasteiger partial charge on any atom is 0.305 e. The number of ether oxygens (including phenoxy) is 3. The number of fused-ring (bicyclic) bond motifs is 4. The number of rotatable bonds is 6. The summed E-state index contributed by atoms with van der Waals surface area (Å²) in [6.07, 6.45) is 10.5. The van der Waals surface area contributed by atoms with Crippen LogP contribution in [-0.2, 0) is 23.8 Å². The van der Waals surface area contributed by atoms with E-state index in [9.17, 15) is 19.8 Å². The van der Waals surface area contributed by atoms with Crippen LogP contribution in [0.5, 0.6) is 0 Å². The van der Waals surface area contributed by atoms with E-state index in [4.69, 9.17) is 14.2 Å². The van der Waals surface area contributed by atoms with Crippen LogP contribution in [0, 0.1) is 56.7 Å². The molecule has 2 saturated heterocycles. The van der Waals surface area contributed by atoms with E-state index in [2.05, 4.69) is 34.6 Å². The molecule has 1 amide bonds. The molecule has 8 nitrogen and oxygen atoms in total. The van der Waals surface area contributed by atoms with Gasteiger partial charge in [0.25, 0.3) is 0 Å². The van der Waals surface area contributed by atoms with E-state index in [1.54, 1.807) is 0 Å². The van der Waals surface area contributed by atoms with Crippen LogP contribution in [0.1, 0.15) is 112 Å². The first-order valence-electron chi connectivity index (χ1n) is 18.4. The van der Waals surface area contributed by atoms with Crippen molar-refractivity contribution in [2.45, 2.75) is 142 Å². The van der Waals surface area contributed by atoms with Crippen molar-refractivity contribution in [1.29, 1.82) is 0 Å². The Kier molecular flexibility index (Phi) is 7.01. The Morgan fingerprint density at radius 3 is 2.42 bits per heavy atom. The van der Waals surface area contributed by atoms with Gasteiger partial charge in [0.05, 0.1) is 44.0 Å². The predicted molar refractivity (Wildman–Crippen MR) is 167 cm³/mol. The summed E-state index contributed by atoms with van der Waals surface area (Å²) in [7, 11) is 0. The Balaban J connectivity index is 1.01. The molecule has 2 aliphatic heterocycles. The summed E-state index contributed by atoms with van der Waals surface area (Å²) in [5.41, 5.74) is 0.300. The highest BCUT2D eigenvalue weighted by Crippen LogP contribution is 2.89. The van der Waals surface area contributed by atoms with Gasteiger partial charge in [-0.05, 0) is 115 Å². The molecule has 252 valence electrons. The lowest BCUT2D eigenvalue weighted by atomic mass is 9.41. The van der Waals surface area contributed by atoms with Gasteiger partial charge >= 0.3 is 5.97 Å². The van der Waals surface area contributed by atoms with E-state index >= 15 is 0 Å². The summed E-state index contributed by atoms with van der Waals surface area (Å²) in [5, 5.41) is 21.8. The molecule has 0 aromatic rings. The second-order valence-electron chi connectivity index (χ2n) is 18.1. The lowest BCUT2D eigenvalue weighted by Crippen LogP contribution is -2.60. The Labute approximate surface area is 269 Å². The Morgan fingerprint density at radius 2 is 1.69 bits per heavy atom. The van der Waals surface area contributed by atoms with Crippen molar-refractivity contribution < 1.29 is 34.0 Å². The largest absolute Gasteiger partial charge is 0.481 e. The highest BCUT2D eigenvalue weighted by molar-refractivity contribution is 5.76. The van der Waals surface area contributed by atoms with Gasteiger partial charge in [0, 0.05) is 18.4 Å². The molecule has 2 N–H and O–H groups in total. The maximum atomic E-state index is 12.9. The fourth-order valence-corrected chi connectivity index (χ4v) is 13.8. The Bertz CT molecular complexity index is 1240. The number of aliphatic hydroxyl groups is 1. The molecule has 8 rings (SSSR count). The summed E-state index contributed by atoms with van der Waals surface area (Å²) >= 11 is 0. The molecule has 5 unspecified atom stereocenters. The van der Waals surface area contributed by atoms with E-state index in [-0.39, 0.29) is 64.5 Å². The fourth-order valence-electron chi connectivity index (χ4n) is 13.8. The molecule has 8 aliphatic rings. The van der Waals surface area contributed by atoms with E-state index in [0.717, 1.165) is 32.1 Å². The minimum absolute atomic E-state index is 0.00198. The molecule has 2 spiro atoms. The van der Waals surface area contributed by atoms with Crippen molar-refractivity contribution in [3.05, 3.63) is 0 Å². The number of nitrogens with zero attached hydrogens (tertiary/aromatic N) is 1. The monoisotopic (exact) mass is 627 g/mol. The van der Waals surface area contributed by atoms with Crippen LogP contribution in [0.2, 0.25) is 0 Å². The van der Waals surface area contributed by atoms with Gasteiger partial charge in [0.15, 0.2) is 6.29 Å². The van der Waals surface area contributed by atoms with Gasteiger partial charge in [-0.1, -0.05) is 34.6 Å². The molecular weight excluding hydrogens is 570 g/mol. The standard InChI is InChI=1S/C37H57NO7/c1-21-16-23(18-28(40)41)44-31-30(21)34(4)12-13-37-20-36(37)11-10-26(33(2,3)24(36)8-9-25(37)35(34,5)32(31)42)45-29-19-38(14-15-43-29)27(39)17-22-6-7-22/h21-26,29-32,42H,6-20H2,1-5H3,(H,40,41)/t21-,23?,24?,25?,26+,29+,30+,31?,32+,34-,35-,36-,37?/m1/s1. The lowest BCUT2D eigenvalue weighted by Gasteiger charge is -2.64. The average molecular weight is 628 g/mol. The Hall–Kier alpha value is -1.22. The zero-order chi connectivity index (χ0) is 31.7. The van der Waals surface area contributed by atoms with E-state index in [0.29, 0.717) is 55.2 Å². The van der Waals surface area contributed by atoms with Gasteiger partial charge < -0.3 is 29.3 Å². The first-order chi connectivity index (χ1) is 21.3. The van der Waals surface area contributed by atoms with Crippen molar-refractivity contribution in [3.8, 4) is 0 Å². The predicted octanol–water partition coefficient (Wildman–Crippen LogP) is 5.64. The first kappa shape index (κ1) is 31.1. The van der Waals surface area contributed by atoms with Crippen LogP contribution >= 0.6 is 0 Å². The highest BCUT2D eigenvalue weighted by atomic mass is 16.7. The highest BCUT2D eigenvalue weighted by Gasteiger charge is 2.84. The van der Waals surface area contributed by atoms with Crippen molar-refractivity contribution in [3.63, 3.8) is 0 Å². The van der Waals surface area contributed by atoms with E-state index in [1.165, 1.54) is 32.1 Å². The molecule has 45 heavy (non-hydrogen) atoms. The van der Waals surface area contributed by atoms with Crippen LogP contribution in [0.25, 0.3) is 0 Å². The van der Waals surface area contributed by atoms with Gasteiger partial charge in [-0.2, -0.15) is 0 Å². The summed E-state index contributed by atoms with van der Waals surface area (Å²) < 4.78 is 19.5. The van der Waals surface area contributed by atoms with Gasteiger partial charge in [0.2, 0.25) is 5.91 Å². The third-order valence-electron chi connectivity index (χ3n) is 16.1. The zero-order valence-corrected chi connectivity index (χ0v) is 28.3. The van der Waals surface area contributed by atoms with Gasteiger partial charge in [0.1, 0.15) is 0 Å². The number of carboxylic acids is 1. The summed E-state index contributed by atoms with van der Waals surface area (Å²) in [5.74, 6) is 1.66. The first-order valence-corrected chi connectivity index (χ1v) is 18.4. The average Bonchev–Trinajstić information content (AvgIpc) is 3.89. The molecule has 0 aromatic heterocycles. The summed E-state index contributed by atoms with van der Waals surface area (Å²) in [6.45, 7) is 13.8. The normalized spacial score (nSPS) is 52.9. The minimum Gasteiger partial charge on any atom is -0.481 e. The zero-order valence-electron chi connectivity index (χ0n) is 28.3. The summed E-state index contributed by atoms with van der Waals surface area (Å²) in [6, 6.07) is 0. The fraction of sp³-hybridized carbons (Fsp3) is 0.946. The maximum absolute atomic E-state index is 12.9. The number of aliphatic carboxylic acids is 1. The molecule has 0 radical (unpaired) electrons. The topological polar surface area (TPSA) is 106 Å². The van der Waals surface area contributed by atoms with Crippen molar-refractivity contribution in [2.75, 3.05) is 19.7 Å². The van der Waals surface area contributed by atoms with Gasteiger partial charge in [-0.15, -0.1) is 0 Å². The molecule has 6 aliphatic carbocycles. The van der Waals surface area contributed by atoms with Crippen LogP contribution in [0.15, 0.2) is 0 Å². The molecule has 8 heteroatoms. The second-order valence-corrected chi connectivity index (χ2v) is 18.1. The number of carbonyl (C=O) groups is 2. The smallest absolute Gasteiger partial charge is 0.305 e. The van der Waals surface area contributed by atoms with E-state index in [1.807, 2.05) is 4.90 Å². The van der Waals surface area contributed by atoms with Crippen LogP contribution < -0.4 is 0 Å². The molecule has 0 aromatic carbocycles. The summed E-state index contributed by atoms with van der Waals surface area (Å²) in [4.78, 5) is 26.4. The molecule has 13 atom stereocenters. The molecule has 8 fully saturated rings.